The summed E-state index contributed by atoms with van der Waals surface area (Å²) >= 11 is 0. The molecule has 0 radical (unpaired) electrons. The molecular weight excluding hydrogens is 352 g/mol. The minimum absolute atomic E-state index is 0.0938. The monoisotopic (exact) mass is 374 g/mol. The van der Waals surface area contributed by atoms with Crippen LogP contribution >= 0.6 is 0 Å². The van der Waals surface area contributed by atoms with Crippen molar-refractivity contribution >= 4 is 17.3 Å². The van der Waals surface area contributed by atoms with Gasteiger partial charge in [0.25, 0.3) is 0 Å². The third-order valence-electron chi connectivity index (χ3n) is 5.31. The Hall–Kier alpha value is -3.16. The predicted molar refractivity (Wildman–Crippen MR) is 108 cm³/mol. The van der Waals surface area contributed by atoms with Crippen LogP contribution in [0.1, 0.15) is 30.0 Å². The van der Waals surface area contributed by atoms with Crippen molar-refractivity contribution in [2.24, 2.45) is 0 Å². The van der Waals surface area contributed by atoms with Crippen LogP contribution in [0.5, 0.6) is 0 Å². The number of hydrazine groups is 1. The van der Waals surface area contributed by atoms with E-state index >= 15 is 0 Å². The SMILES string of the molecule is O=C1CCc2cc(NC3CC(c4ccc(-n5cccn5)cc4)NN3)ccc2N1. The molecular formula is C21H22N6O. The van der Waals surface area contributed by atoms with Gasteiger partial charge in [0.1, 0.15) is 0 Å². The summed E-state index contributed by atoms with van der Waals surface area (Å²) in [6.45, 7) is 0. The summed E-state index contributed by atoms with van der Waals surface area (Å²) in [6.07, 6.45) is 6.12. The van der Waals surface area contributed by atoms with Gasteiger partial charge in [0.05, 0.1) is 11.9 Å². The molecule has 2 atom stereocenters. The molecule has 1 saturated heterocycles. The molecule has 0 aliphatic carbocycles. The first-order chi connectivity index (χ1) is 13.7. The summed E-state index contributed by atoms with van der Waals surface area (Å²) in [4.78, 5) is 11.5. The number of fused-ring (bicyclic) bond motifs is 1. The first kappa shape index (κ1) is 17.0. The summed E-state index contributed by atoms with van der Waals surface area (Å²) < 4.78 is 1.85. The summed E-state index contributed by atoms with van der Waals surface area (Å²) in [5.74, 6) is 0.0938. The zero-order chi connectivity index (χ0) is 18.9. The van der Waals surface area contributed by atoms with Gasteiger partial charge in [-0.25, -0.2) is 15.5 Å². The molecule has 3 aromatic rings. The highest BCUT2D eigenvalue weighted by Crippen LogP contribution is 2.28. The summed E-state index contributed by atoms with van der Waals surface area (Å²) in [5.41, 5.74) is 12.2. The van der Waals surface area contributed by atoms with Crippen LogP contribution in [0.4, 0.5) is 11.4 Å². The minimum Gasteiger partial charge on any atom is -0.369 e. The third kappa shape index (κ3) is 3.37. The van der Waals surface area contributed by atoms with Crippen LogP contribution < -0.4 is 21.5 Å². The number of rotatable bonds is 4. The predicted octanol–water partition coefficient (Wildman–Crippen LogP) is 2.73. The maximum absolute atomic E-state index is 11.5. The normalized spacial score (nSPS) is 21.2. The van der Waals surface area contributed by atoms with Crippen LogP contribution in [0, 0.1) is 0 Å². The molecule has 4 N–H and O–H groups in total. The van der Waals surface area contributed by atoms with Crippen molar-refractivity contribution in [3.05, 3.63) is 72.1 Å². The van der Waals surface area contributed by atoms with Gasteiger partial charge in [-0.2, -0.15) is 5.10 Å². The standard InChI is InChI=1S/C21H22N6O/c28-21-9-4-15-12-16(5-8-18(15)24-21)23-20-13-19(25-26-20)14-2-6-17(7-3-14)27-11-1-10-22-27/h1-3,5-8,10-12,19-20,23,25-26H,4,9,13H2,(H,24,28). The van der Waals surface area contributed by atoms with E-state index in [9.17, 15) is 4.79 Å². The molecule has 2 aromatic carbocycles. The Morgan fingerprint density at radius 3 is 2.79 bits per heavy atom. The first-order valence-corrected chi connectivity index (χ1v) is 9.55. The number of nitrogens with one attached hydrogen (secondary N) is 4. The quantitative estimate of drug-likeness (QED) is 0.564. The second-order valence-electron chi connectivity index (χ2n) is 7.24. The molecule has 1 amide bonds. The average molecular weight is 374 g/mol. The number of hydrogen-bond acceptors (Lipinski definition) is 5. The van der Waals surface area contributed by atoms with E-state index < -0.39 is 0 Å². The zero-order valence-corrected chi connectivity index (χ0v) is 15.4. The van der Waals surface area contributed by atoms with E-state index in [2.05, 4.69) is 56.9 Å². The summed E-state index contributed by atoms with van der Waals surface area (Å²) in [7, 11) is 0. The molecule has 7 nitrogen and oxygen atoms in total. The van der Waals surface area contributed by atoms with Crippen LogP contribution in [-0.4, -0.2) is 21.9 Å². The van der Waals surface area contributed by atoms with Gasteiger partial charge in [-0.1, -0.05) is 12.1 Å². The highest BCUT2D eigenvalue weighted by atomic mass is 16.1. The number of aryl methyl sites for hydroxylation is 1. The van der Waals surface area contributed by atoms with Crippen LogP contribution in [0.25, 0.3) is 5.69 Å². The number of aromatic nitrogens is 2. The van der Waals surface area contributed by atoms with E-state index in [-0.39, 0.29) is 18.1 Å². The van der Waals surface area contributed by atoms with Gasteiger partial charge in [0.2, 0.25) is 5.91 Å². The molecule has 2 unspecified atom stereocenters. The highest BCUT2D eigenvalue weighted by Gasteiger charge is 2.25. The van der Waals surface area contributed by atoms with Gasteiger partial charge in [-0.3, -0.25) is 4.79 Å². The molecule has 0 saturated carbocycles. The van der Waals surface area contributed by atoms with Gasteiger partial charge in [-0.15, -0.1) is 0 Å². The van der Waals surface area contributed by atoms with Crippen LogP contribution in [0.15, 0.2) is 60.9 Å². The van der Waals surface area contributed by atoms with E-state index in [4.69, 9.17) is 0 Å². The van der Waals surface area contributed by atoms with Crippen LogP contribution in [-0.2, 0) is 11.2 Å². The summed E-state index contributed by atoms with van der Waals surface area (Å²) in [5, 5.41) is 10.7. The fourth-order valence-electron chi connectivity index (χ4n) is 3.82. The number of amides is 1. The lowest BCUT2D eigenvalue weighted by Crippen LogP contribution is -2.35. The molecule has 2 aliphatic rings. The number of anilines is 2. The Bertz CT molecular complexity index is 983. The molecule has 3 heterocycles. The van der Waals surface area contributed by atoms with Gasteiger partial charge < -0.3 is 10.6 Å². The number of hydrogen-bond donors (Lipinski definition) is 4. The third-order valence-corrected chi connectivity index (χ3v) is 5.31. The van der Waals surface area contributed by atoms with Gasteiger partial charge >= 0.3 is 0 Å². The Morgan fingerprint density at radius 1 is 1.07 bits per heavy atom. The molecule has 0 bridgehead atoms. The Balaban J connectivity index is 1.23. The molecule has 5 rings (SSSR count). The molecule has 1 aromatic heterocycles. The fraction of sp³-hybridized carbons (Fsp3) is 0.238. The number of carbonyl (C=O) groups excluding carboxylic acids is 1. The minimum atomic E-state index is 0.0938. The fourth-order valence-corrected chi connectivity index (χ4v) is 3.82. The van der Waals surface area contributed by atoms with E-state index in [0.717, 1.165) is 29.9 Å². The molecule has 28 heavy (non-hydrogen) atoms. The second-order valence-corrected chi connectivity index (χ2v) is 7.24. The smallest absolute Gasteiger partial charge is 0.224 e. The lowest BCUT2D eigenvalue weighted by molar-refractivity contribution is -0.116. The first-order valence-electron chi connectivity index (χ1n) is 9.55. The lowest BCUT2D eigenvalue weighted by atomic mass is 10.0. The average Bonchev–Trinajstić information content (AvgIpc) is 3.41. The van der Waals surface area contributed by atoms with Crippen LogP contribution in [0.3, 0.4) is 0 Å². The topological polar surface area (TPSA) is 83.0 Å². The largest absolute Gasteiger partial charge is 0.369 e. The molecule has 142 valence electrons. The van der Waals surface area contributed by atoms with Crippen molar-refractivity contribution in [2.75, 3.05) is 10.6 Å². The molecule has 7 heteroatoms. The van der Waals surface area contributed by atoms with Gasteiger partial charge in [-0.05, 0) is 53.9 Å². The van der Waals surface area contributed by atoms with Crippen LogP contribution in [0.2, 0.25) is 0 Å². The lowest BCUT2D eigenvalue weighted by Gasteiger charge is -2.19. The zero-order valence-electron chi connectivity index (χ0n) is 15.4. The van der Waals surface area contributed by atoms with Crippen molar-refractivity contribution in [2.45, 2.75) is 31.5 Å². The van der Waals surface area contributed by atoms with E-state index in [1.54, 1.807) is 6.20 Å². The number of nitrogens with zero attached hydrogens (tertiary/aromatic N) is 2. The van der Waals surface area contributed by atoms with E-state index in [1.807, 2.05) is 29.1 Å². The molecule has 2 aliphatic heterocycles. The Kier molecular flexibility index (Phi) is 4.31. The second kappa shape index (κ2) is 7.10. The molecule has 1 fully saturated rings. The molecule has 0 spiro atoms. The number of benzene rings is 2. The van der Waals surface area contributed by atoms with Gasteiger partial charge in [0.15, 0.2) is 0 Å². The van der Waals surface area contributed by atoms with E-state index in [0.29, 0.717) is 6.42 Å². The summed E-state index contributed by atoms with van der Waals surface area (Å²) in [6, 6.07) is 16.7. The van der Waals surface area contributed by atoms with Crippen molar-refractivity contribution in [3.63, 3.8) is 0 Å². The van der Waals surface area contributed by atoms with Crippen molar-refractivity contribution in [1.82, 2.24) is 20.6 Å². The highest BCUT2D eigenvalue weighted by molar-refractivity contribution is 5.94. The Labute approximate surface area is 163 Å². The number of carbonyl (C=O) groups is 1. The van der Waals surface area contributed by atoms with E-state index in [1.165, 1.54) is 11.1 Å². The van der Waals surface area contributed by atoms with Gasteiger partial charge in [0, 0.05) is 42.7 Å². The van der Waals surface area contributed by atoms with Crippen molar-refractivity contribution < 1.29 is 4.79 Å². The Morgan fingerprint density at radius 2 is 1.96 bits per heavy atom. The van der Waals surface area contributed by atoms with Crippen molar-refractivity contribution in [1.29, 1.82) is 0 Å². The maximum atomic E-state index is 11.5. The van der Waals surface area contributed by atoms with Crippen molar-refractivity contribution in [3.8, 4) is 5.69 Å². The maximum Gasteiger partial charge on any atom is 0.224 e.